The van der Waals surface area contributed by atoms with E-state index in [0.29, 0.717) is 28.2 Å². The van der Waals surface area contributed by atoms with Crippen LogP contribution in [0.1, 0.15) is 6.92 Å². The SMILES string of the molecule is CCS(=O)(=O)CCOc1cc2ncnc(Nc3ccc(Cl)cc3F)c2cc1OC. The van der Waals surface area contributed by atoms with Gasteiger partial charge in [-0.2, -0.15) is 0 Å². The molecular formula is C19H19ClFN3O4S. The van der Waals surface area contributed by atoms with Crippen LogP contribution >= 0.6 is 11.6 Å². The van der Waals surface area contributed by atoms with Crippen LogP contribution in [0.3, 0.4) is 0 Å². The van der Waals surface area contributed by atoms with E-state index in [0.717, 1.165) is 0 Å². The number of sulfone groups is 1. The Morgan fingerprint density at radius 1 is 1.17 bits per heavy atom. The van der Waals surface area contributed by atoms with E-state index in [4.69, 9.17) is 21.1 Å². The van der Waals surface area contributed by atoms with Gasteiger partial charge in [0.2, 0.25) is 0 Å². The number of anilines is 2. The smallest absolute Gasteiger partial charge is 0.163 e. The molecule has 0 aliphatic heterocycles. The lowest BCUT2D eigenvalue weighted by Crippen LogP contribution is -2.15. The Morgan fingerprint density at radius 3 is 2.66 bits per heavy atom. The molecule has 29 heavy (non-hydrogen) atoms. The van der Waals surface area contributed by atoms with E-state index in [9.17, 15) is 12.8 Å². The number of hydrogen-bond acceptors (Lipinski definition) is 7. The van der Waals surface area contributed by atoms with Crippen LogP contribution in [0.4, 0.5) is 15.9 Å². The molecule has 3 rings (SSSR count). The van der Waals surface area contributed by atoms with E-state index in [1.54, 1.807) is 25.1 Å². The first kappa shape index (κ1) is 21.1. The topological polar surface area (TPSA) is 90.4 Å². The molecule has 1 N–H and O–H groups in total. The number of halogens is 2. The molecule has 2 aromatic carbocycles. The maximum Gasteiger partial charge on any atom is 0.163 e. The van der Waals surface area contributed by atoms with Crippen LogP contribution in [0.5, 0.6) is 11.5 Å². The van der Waals surface area contributed by atoms with E-state index in [1.165, 1.54) is 25.6 Å². The van der Waals surface area contributed by atoms with Gasteiger partial charge >= 0.3 is 0 Å². The van der Waals surface area contributed by atoms with Crippen molar-refractivity contribution in [1.29, 1.82) is 0 Å². The normalized spacial score (nSPS) is 11.4. The van der Waals surface area contributed by atoms with E-state index in [2.05, 4.69) is 15.3 Å². The van der Waals surface area contributed by atoms with Crippen molar-refractivity contribution >= 4 is 43.8 Å². The van der Waals surface area contributed by atoms with Crippen LogP contribution in [0.15, 0.2) is 36.7 Å². The van der Waals surface area contributed by atoms with Crippen molar-refractivity contribution in [3.8, 4) is 11.5 Å². The molecule has 0 aliphatic carbocycles. The molecule has 0 atom stereocenters. The molecule has 1 heterocycles. The number of methoxy groups -OCH3 is 1. The Kier molecular flexibility index (Phi) is 6.39. The van der Waals surface area contributed by atoms with E-state index >= 15 is 0 Å². The standard InChI is InChI=1S/C19H19ClFN3O4S/c1-3-29(25,26)7-6-28-18-10-16-13(9-17(18)27-2)19(23-11-22-16)24-15-5-4-12(20)8-14(15)21/h4-5,8-11H,3,6-7H2,1-2H3,(H,22,23,24). The third kappa shape index (κ3) is 5.04. The molecule has 0 bridgehead atoms. The van der Waals surface area contributed by atoms with Crippen molar-refractivity contribution in [2.45, 2.75) is 6.92 Å². The zero-order chi connectivity index (χ0) is 21.0. The second-order valence-corrected chi connectivity index (χ2v) is 8.99. The fraction of sp³-hybridized carbons (Fsp3) is 0.263. The van der Waals surface area contributed by atoms with Crippen molar-refractivity contribution in [2.24, 2.45) is 0 Å². The predicted octanol–water partition coefficient (Wildman–Crippen LogP) is 3.99. The average molecular weight is 440 g/mol. The highest BCUT2D eigenvalue weighted by Crippen LogP contribution is 2.35. The van der Waals surface area contributed by atoms with Gasteiger partial charge in [0.1, 0.15) is 24.6 Å². The fourth-order valence-electron chi connectivity index (χ4n) is 2.58. The number of benzene rings is 2. The van der Waals surface area contributed by atoms with Gasteiger partial charge in [-0.05, 0) is 24.3 Å². The summed E-state index contributed by atoms with van der Waals surface area (Å²) in [6, 6.07) is 7.54. The second-order valence-electron chi connectivity index (χ2n) is 6.08. The Labute approximate surface area is 172 Å². The number of nitrogens with one attached hydrogen (secondary N) is 1. The predicted molar refractivity (Wildman–Crippen MR) is 111 cm³/mol. The first-order chi connectivity index (χ1) is 13.8. The van der Waals surface area contributed by atoms with Gasteiger partial charge in [0, 0.05) is 22.2 Å². The number of hydrogen-bond donors (Lipinski definition) is 1. The highest BCUT2D eigenvalue weighted by atomic mass is 35.5. The van der Waals surface area contributed by atoms with Gasteiger partial charge < -0.3 is 14.8 Å². The van der Waals surface area contributed by atoms with Crippen molar-refractivity contribution < 1.29 is 22.3 Å². The second kappa shape index (κ2) is 8.79. The number of rotatable bonds is 8. The quantitative estimate of drug-likeness (QED) is 0.567. The Bertz CT molecular complexity index is 1140. The molecule has 0 aliphatic rings. The van der Waals surface area contributed by atoms with Crippen LogP contribution < -0.4 is 14.8 Å². The van der Waals surface area contributed by atoms with Crippen LogP contribution in [0, 0.1) is 5.82 Å². The van der Waals surface area contributed by atoms with Gasteiger partial charge in [0.15, 0.2) is 21.3 Å². The zero-order valence-corrected chi connectivity index (χ0v) is 17.3. The van der Waals surface area contributed by atoms with Gasteiger partial charge in [-0.1, -0.05) is 18.5 Å². The van der Waals surface area contributed by atoms with Crippen molar-refractivity contribution in [2.75, 3.05) is 30.5 Å². The summed E-state index contributed by atoms with van der Waals surface area (Å²) in [7, 11) is -1.68. The highest BCUT2D eigenvalue weighted by molar-refractivity contribution is 7.91. The lowest BCUT2D eigenvalue weighted by atomic mass is 10.2. The molecule has 1 aromatic heterocycles. The molecule has 3 aromatic rings. The number of fused-ring (bicyclic) bond motifs is 1. The van der Waals surface area contributed by atoms with Gasteiger partial charge in [0.25, 0.3) is 0 Å². The number of aromatic nitrogens is 2. The lowest BCUT2D eigenvalue weighted by Gasteiger charge is -2.14. The third-order valence-corrected chi connectivity index (χ3v) is 6.10. The average Bonchev–Trinajstić information content (AvgIpc) is 2.69. The first-order valence-corrected chi connectivity index (χ1v) is 10.9. The Morgan fingerprint density at radius 2 is 1.97 bits per heavy atom. The van der Waals surface area contributed by atoms with Crippen LogP contribution in [-0.2, 0) is 9.84 Å². The number of nitrogens with zero attached hydrogens (tertiary/aromatic N) is 2. The summed E-state index contributed by atoms with van der Waals surface area (Å²) in [4.78, 5) is 8.39. The minimum Gasteiger partial charge on any atom is -0.493 e. The van der Waals surface area contributed by atoms with E-state index in [1.807, 2.05) is 0 Å². The molecule has 0 saturated heterocycles. The summed E-state index contributed by atoms with van der Waals surface area (Å²) in [5, 5.41) is 3.79. The first-order valence-electron chi connectivity index (χ1n) is 8.71. The van der Waals surface area contributed by atoms with Gasteiger partial charge in [0.05, 0.1) is 24.1 Å². The van der Waals surface area contributed by atoms with Crippen molar-refractivity contribution in [1.82, 2.24) is 9.97 Å². The molecule has 10 heteroatoms. The van der Waals surface area contributed by atoms with Gasteiger partial charge in [-0.15, -0.1) is 0 Å². The van der Waals surface area contributed by atoms with Crippen molar-refractivity contribution in [3.63, 3.8) is 0 Å². The summed E-state index contributed by atoms with van der Waals surface area (Å²) in [5.41, 5.74) is 0.726. The fourth-order valence-corrected chi connectivity index (χ4v) is 3.36. The summed E-state index contributed by atoms with van der Waals surface area (Å²) in [6.45, 7) is 1.57. The molecule has 0 fully saturated rings. The van der Waals surface area contributed by atoms with Crippen molar-refractivity contribution in [3.05, 3.63) is 47.5 Å². The lowest BCUT2D eigenvalue weighted by molar-refractivity contribution is 0.312. The molecule has 7 nitrogen and oxygen atoms in total. The molecule has 0 saturated carbocycles. The molecular weight excluding hydrogens is 421 g/mol. The Hall–Kier alpha value is -2.65. The highest BCUT2D eigenvalue weighted by Gasteiger charge is 2.14. The maximum atomic E-state index is 14.1. The van der Waals surface area contributed by atoms with Crippen LogP contribution in [-0.4, -0.2) is 43.6 Å². The molecule has 0 amide bonds. The monoisotopic (exact) mass is 439 g/mol. The minimum absolute atomic E-state index is 0.00971. The maximum absolute atomic E-state index is 14.1. The molecule has 154 valence electrons. The summed E-state index contributed by atoms with van der Waals surface area (Å²) < 4.78 is 48.4. The molecule has 0 spiro atoms. The van der Waals surface area contributed by atoms with Crippen LogP contribution in [0.2, 0.25) is 5.02 Å². The summed E-state index contributed by atoms with van der Waals surface area (Å²) in [5.74, 6) is 0.531. The minimum atomic E-state index is -3.15. The van der Waals surface area contributed by atoms with E-state index in [-0.39, 0.29) is 28.8 Å². The van der Waals surface area contributed by atoms with Gasteiger partial charge in [-0.3, -0.25) is 0 Å². The molecule has 0 radical (unpaired) electrons. The summed E-state index contributed by atoms with van der Waals surface area (Å²) in [6.07, 6.45) is 1.33. The van der Waals surface area contributed by atoms with E-state index < -0.39 is 15.7 Å². The largest absolute Gasteiger partial charge is 0.493 e. The Balaban J connectivity index is 1.92. The third-order valence-electron chi connectivity index (χ3n) is 4.20. The zero-order valence-electron chi connectivity index (χ0n) is 15.8. The van der Waals surface area contributed by atoms with Crippen LogP contribution in [0.25, 0.3) is 10.9 Å². The summed E-state index contributed by atoms with van der Waals surface area (Å²) >= 11 is 5.79. The molecule has 0 unspecified atom stereocenters. The number of ether oxygens (including phenoxy) is 2. The van der Waals surface area contributed by atoms with Gasteiger partial charge in [-0.25, -0.2) is 22.8 Å².